The van der Waals surface area contributed by atoms with Crippen LogP contribution < -0.4 is 15.2 Å². The second-order valence-corrected chi connectivity index (χ2v) is 5.14. The van der Waals surface area contributed by atoms with Crippen molar-refractivity contribution in [2.24, 2.45) is 12.8 Å². The van der Waals surface area contributed by atoms with E-state index in [1.165, 1.54) is 0 Å². The third-order valence-electron chi connectivity index (χ3n) is 3.10. The van der Waals surface area contributed by atoms with Crippen molar-refractivity contribution in [3.8, 4) is 11.5 Å². The van der Waals surface area contributed by atoms with Crippen molar-refractivity contribution in [1.29, 1.82) is 0 Å². The fraction of sp³-hybridized carbons (Fsp3) is 0.438. The highest BCUT2D eigenvalue weighted by molar-refractivity contribution is 5.40. The summed E-state index contributed by atoms with van der Waals surface area (Å²) in [5.74, 6) is 1.45. The number of rotatable bonds is 7. The number of hydrogen-bond acceptors (Lipinski definition) is 4. The summed E-state index contributed by atoms with van der Waals surface area (Å²) in [5.41, 5.74) is 7.03. The maximum absolute atomic E-state index is 6.10. The molecule has 0 amide bonds. The summed E-state index contributed by atoms with van der Waals surface area (Å²) < 4.78 is 13.6. The lowest BCUT2D eigenvalue weighted by Crippen LogP contribution is -2.29. The number of nitrogens with zero attached hydrogens (tertiary/aromatic N) is 2. The summed E-state index contributed by atoms with van der Waals surface area (Å²) in [5, 5.41) is 4.18. The molecular weight excluding hydrogens is 266 g/mol. The average Bonchev–Trinajstić information content (AvgIpc) is 2.89. The van der Waals surface area contributed by atoms with Gasteiger partial charge in [-0.1, -0.05) is 19.1 Å². The van der Waals surface area contributed by atoms with Crippen LogP contribution in [0.2, 0.25) is 0 Å². The van der Waals surface area contributed by atoms with Crippen LogP contribution >= 0.6 is 0 Å². The van der Waals surface area contributed by atoms with Crippen LogP contribution in [0.1, 0.15) is 31.9 Å². The van der Waals surface area contributed by atoms with Crippen LogP contribution in [0.25, 0.3) is 0 Å². The molecule has 0 saturated carbocycles. The van der Waals surface area contributed by atoms with E-state index in [1.807, 2.05) is 44.4 Å². The van der Waals surface area contributed by atoms with E-state index in [0.717, 1.165) is 17.7 Å². The Bertz CT molecular complexity index is 566. The van der Waals surface area contributed by atoms with Gasteiger partial charge in [-0.15, -0.1) is 0 Å². The van der Waals surface area contributed by atoms with Crippen molar-refractivity contribution in [2.75, 3.05) is 6.61 Å². The molecule has 0 aliphatic rings. The Balaban J connectivity index is 2.21. The monoisotopic (exact) mass is 289 g/mol. The molecule has 0 radical (unpaired) electrons. The molecule has 5 heteroatoms. The van der Waals surface area contributed by atoms with Gasteiger partial charge < -0.3 is 15.2 Å². The lowest BCUT2D eigenvalue weighted by molar-refractivity contribution is 0.169. The summed E-state index contributed by atoms with van der Waals surface area (Å²) in [6.07, 6.45) is 4.39. The molecule has 0 bridgehead atoms. The first-order chi connectivity index (χ1) is 10.1. The van der Waals surface area contributed by atoms with Crippen LogP contribution in [0.5, 0.6) is 11.5 Å². The Morgan fingerprint density at radius 3 is 2.57 bits per heavy atom. The lowest BCUT2D eigenvalue weighted by Gasteiger charge is -2.23. The summed E-state index contributed by atoms with van der Waals surface area (Å²) in [6.45, 7) is 4.66. The van der Waals surface area contributed by atoms with Gasteiger partial charge in [0, 0.05) is 24.8 Å². The zero-order valence-corrected chi connectivity index (χ0v) is 12.8. The maximum Gasteiger partial charge on any atom is 0.162 e. The second kappa shape index (κ2) is 7.13. The van der Waals surface area contributed by atoms with Crippen molar-refractivity contribution in [1.82, 2.24) is 9.78 Å². The highest BCUT2D eigenvalue weighted by Crippen LogP contribution is 2.32. The van der Waals surface area contributed by atoms with E-state index in [2.05, 4.69) is 12.0 Å². The molecule has 0 aliphatic carbocycles. The van der Waals surface area contributed by atoms with E-state index in [0.29, 0.717) is 12.4 Å². The van der Waals surface area contributed by atoms with Crippen LogP contribution in [0.3, 0.4) is 0 Å². The van der Waals surface area contributed by atoms with Gasteiger partial charge in [-0.3, -0.25) is 4.68 Å². The fourth-order valence-electron chi connectivity index (χ4n) is 2.08. The lowest BCUT2D eigenvalue weighted by atomic mass is 10.1. The SMILES string of the molecule is CCCOc1ccccc1OC(c1cnn(C)c1)C(C)N. The van der Waals surface area contributed by atoms with E-state index in [4.69, 9.17) is 15.2 Å². The number of aromatic nitrogens is 2. The van der Waals surface area contributed by atoms with Crippen LogP contribution in [-0.2, 0) is 7.05 Å². The average molecular weight is 289 g/mol. The smallest absolute Gasteiger partial charge is 0.162 e. The third-order valence-corrected chi connectivity index (χ3v) is 3.10. The van der Waals surface area contributed by atoms with Gasteiger partial charge in [-0.25, -0.2) is 0 Å². The van der Waals surface area contributed by atoms with Gasteiger partial charge in [-0.05, 0) is 25.5 Å². The Morgan fingerprint density at radius 2 is 2.00 bits per heavy atom. The van der Waals surface area contributed by atoms with Crippen LogP contribution in [0.15, 0.2) is 36.7 Å². The van der Waals surface area contributed by atoms with E-state index in [9.17, 15) is 0 Å². The predicted octanol–water partition coefficient (Wildman–Crippen LogP) is 2.68. The fourth-order valence-corrected chi connectivity index (χ4v) is 2.08. The summed E-state index contributed by atoms with van der Waals surface area (Å²) in [7, 11) is 1.88. The molecule has 1 heterocycles. The molecule has 2 N–H and O–H groups in total. The Labute approximate surface area is 125 Å². The quantitative estimate of drug-likeness (QED) is 0.851. The highest BCUT2D eigenvalue weighted by atomic mass is 16.5. The summed E-state index contributed by atoms with van der Waals surface area (Å²) in [6, 6.07) is 7.51. The van der Waals surface area contributed by atoms with Gasteiger partial charge in [0.2, 0.25) is 0 Å². The number of aryl methyl sites for hydroxylation is 1. The Morgan fingerprint density at radius 1 is 1.29 bits per heavy atom. The van der Waals surface area contributed by atoms with Gasteiger partial charge in [0.15, 0.2) is 11.5 Å². The first-order valence-corrected chi connectivity index (χ1v) is 7.24. The van der Waals surface area contributed by atoms with Crippen LogP contribution in [0, 0.1) is 0 Å². The molecular formula is C16H23N3O2. The molecule has 0 fully saturated rings. The molecule has 0 spiro atoms. The molecule has 21 heavy (non-hydrogen) atoms. The normalized spacial score (nSPS) is 13.7. The second-order valence-electron chi connectivity index (χ2n) is 5.14. The topological polar surface area (TPSA) is 62.3 Å². The first-order valence-electron chi connectivity index (χ1n) is 7.24. The number of ether oxygens (including phenoxy) is 2. The molecule has 2 aromatic rings. The number of para-hydroxylation sites is 2. The number of hydrogen-bond donors (Lipinski definition) is 1. The molecule has 2 rings (SSSR count). The first kappa shape index (κ1) is 15.4. The Kier molecular flexibility index (Phi) is 5.22. The van der Waals surface area contributed by atoms with Crippen molar-refractivity contribution in [2.45, 2.75) is 32.4 Å². The molecule has 0 saturated heterocycles. The van der Waals surface area contributed by atoms with Gasteiger partial charge in [0.1, 0.15) is 6.10 Å². The summed E-state index contributed by atoms with van der Waals surface area (Å²) in [4.78, 5) is 0. The van der Waals surface area contributed by atoms with Crippen molar-refractivity contribution < 1.29 is 9.47 Å². The zero-order valence-electron chi connectivity index (χ0n) is 12.8. The van der Waals surface area contributed by atoms with Crippen LogP contribution in [-0.4, -0.2) is 22.4 Å². The molecule has 5 nitrogen and oxygen atoms in total. The minimum atomic E-state index is -0.259. The van der Waals surface area contributed by atoms with Gasteiger partial charge >= 0.3 is 0 Å². The molecule has 2 unspecified atom stereocenters. The molecule has 2 atom stereocenters. The molecule has 114 valence electrons. The van der Waals surface area contributed by atoms with E-state index < -0.39 is 0 Å². The van der Waals surface area contributed by atoms with Gasteiger partial charge in [0.05, 0.1) is 12.8 Å². The van der Waals surface area contributed by atoms with E-state index in [-0.39, 0.29) is 12.1 Å². The minimum absolute atomic E-state index is 0.159. The van der Waals surface area contributed by atoms with Crippen molar-refractivity contribution in [3.05, 3.63) is 42.2 Å². The highest BCUT2D eigenvalue weighted by Gasteiger charge is 2.21. The van der Waals surface area contributed by atoms with E-state index >= 15 is 0 Å². The minimum Gasteiger partial charge on any atom is -0.490 e. The number of benzene rings is 1. The predicted molar refractivity (Wildman–Crippen MR) is 82.5 cm³/mol. The number of nitrogens with two attached hydrogens (primary N) is 1. The van der Waals surface area contributed by atoms with Gasteiger partial charge in [0.25, 0.3) is 0 Å². The standard InChI is InChI=1S/C16H23N3O2/c1-4-9-20-14-7-5-6-8-15(14)21-16(12(2)17)13-10-18-19(3)11-13/h5-8,10-12,16H,4,9,17H2,1-3H3. The summed E-state index contributed by atoms with van der Waals surface area (Å²) >= 11 is 0. The van der Waals surface area contributed by atoms with Crippen molar-refractivity contribution in [3.63, 3.8) is 0 Å². The van der Waals surface area contributed by atoms with Crippen LogP contribution in [0.4, 0.5) is 0 Å². The third kappa shape index (κ3) is 3.98. The van der Waals surface area contributed by atoms with Crippen molar-refractivity contribution >= 4 is 0 Å². The Hall–Kier alpha value is -2.01. The maximum atomic E-state index is 6.10. The molecule has 1 aromatic carbocycles. The largest absolute Gasteiger partial charge is 0.490 e. The van der Waals surface area contributed by atoms with E-state index in [1.54, 1.807) is 10.9 Å². The van der Waals surface area contributed by atoms with Gasteiger partial charge in [-0.2, -0.15) is 5.10 Å². The molecule has 0 aliphatic heterocycles. The molecule has 1 aromatic heterocycles. The zero-order chi connectivity index (χ0) is 15.2.